The number of hydrogen-bond donors (Lipinski definition) is 0. The van der Waals surface area contributed by atoms with Gasteiger partial charge in [0.15, 0.2) is 5.82 Å². The number of rotatable bonds is 3. The first-order valence-corrected chi connectivity index (χ1v) is 17.6. The van der Waals surface area contributed by atoms with Gasteiger partial charge in [-0.1, -0.05) is 129 Å². The van der Waals surface area contributed by atoms with Crippen molar-refractivity contribution in [3.63, 3.8) is 0 Å². The summed E-state index contributed by atoms with van der Waals surface area (Å²) in [5.41, 5.74) is 14.5. The van der Waals surface area contributed by atoms with E-state index < -0.39 is 0 Å². The maximum absolute atomic E-state index is 5.52. The molecule has 1 aliphatic carbocycles. The van der Waals surface area contributed by atoms with Gasteiger partial charge in [0.05, 0.1) is 33.1 Å². The molecule has 0 saturated carbocycles. The highest BCUT2D eigenvalue weighted by Gasteiger charge is 2.35. The zero-order chi connectivity index (χ0) is 33.8. The Morgan fingerprint density at radius 1 is 0.451 bits per heavy atom. The minimum Gasteiger partial charge on any atom is -0.307 e. The third kappa shape index (κ3) is 3.85. The molecule has 0 bridgehead atoms. The molecule has 3 aromatic heterocycles. The van der Waals surface area contributed by atoms with E-state index in [1.165, 1.54) is 49.3 Å². The Hall–Kier alpha value is -6.52. The molecule has 1 aliphatic rings. The molecule has 0 radical (unpaired) electrons. The lowest BCUT2D eigenvalue weighted by atomic mass is 9.82. The summed E-state index contributed by atoms with van der Waals surface area (Å²) >= 11 is 0. The molecule has 0 atom stereocenters. The fourth-order valence-electron chi connectivity index (χ4n) is 8.76. The SMILES string of the molecule is CC1(C)c2ccccc2-c2ccc(-c3nc4ccccc4nc3-n3c4ccccc4c4ccc5c6ccccc6n(-c6ccccc6)c5c43)cc21. The van der Waals surface area contributed by atoms with Crippen molar-refractivity contribution < 1.29 is 0 Å². The molecule has 240 valence electrons. The van der Waals surface area contributed by atoms with Crippen LogP contribution in [0.1, 0.15) is 25.0 Å². The van der Waals surface area contributed by atoms with Crippen LogP contribution in [0.5, 0.6) is 0 Å². The van der Waals surface area contributed by atoms with Gasteiger partial charge in [-0.15, -0.1) is 0 Å². The van der Waals surface area contributed by atoms with E-state index in [0.29, 0.717) is 0 Å². The Kier molecular flexibility index (Phi) is 5.70. The predicted octanol–water partition coefficient (Wildman–Crippen LogP) is 11.8. The molecule has 4 nitrogen and oxygen atoms in total. The van der Waals surface area contributed by atoms with E-state index in [1.54, 1.807) is 0 Å². The first-order chi connectivity index (χ1) is 25.1. The second kappa shape index (κ2) is 10.3. The standard InChI is InChI=1S/C47H32N4/c1-47(2)37-19-9-6-16-31(37)32-25-24-29(28-38(32)47)43-46(49-40-21-11-10-20-39(40)48-43)51-42-23-13-8-18-34(42)36-27-26-35-33-17-7-12-22-41(33)50(44(35)45(36)51)30-14-4-3-5-15-30/h3-28H,1-2H3. The number of benzene rings is 7. The summed E-state index contributed by atoms with van der Waals surface area (Å²) in [4.78, 5) is 11.0. The Morgan fingerprint density at radius 2 is 1.02 bits per heavy atom. The van der Waals surface area contributed by atoms with E-state index in [9.17, 15) is 0 Å². The van der Waals surface area contributed by atoms with Crippen molar-refractivity contribution in [2.45, 2.75) is 19.3 Å². The number of hydrogen-bond acceptors (Lipinski definition) is 2. The number of aromatic nitrogens is 4. The smallest absolute Gasteiger partial charge is 0.165 e. The van der Waals surface area contributed by atoms with Crippen LogP contribution in [-0.4, -0.2) is 19.1 Å². The molecule has 4 heteroatoms. The molecule has 10 aromatic rings. The topological polar surface area (TPSA) is 35.6 Å². The average molecular weight is 653 g/mol. The molecule has 51 heavy (non-hydrogen) atoms. The average Bonchev–Trinajstić information content (AvgIpc) is 3.78. The maximum Gasteiger partial charge on any atom is 0.165 e. The molecular formula is C47H32N4. The molecule has 0 unspecified atom stereocenters. The summed E-state index contributed by atoms with van der Waals surface area (Å²) in [6.45, 7) is 4.67. The highest BCUT2D eigenvalue weighted by atomic mass is 15.1. The molecule has 0 saturated heterocycles. The van der Waals surface area contributed by atoms with Crippen molar-refractivity contribution >= 4 is 54.6 Å². The first-order valence-electron chi connectivity index (χ1n) is 17.6. The van der Waals surface area contributed by atoms with E-state index in [-0.39, 0.29) is 5.41 Å². The summed E-state index contributed by atoms with van der Waals surface area (Å²) in [6.07, 6.45) is 0. The van der Waals surface area contributed by atoms with Crippen molar-refractivity contribution in [1.82, 2.24) is 19.1 Å². The van der Waals surface area contributed by atoms with Crippen LogP contribution in [-0.2, 0) is 5.41 Å². The van der Waals surface area contributed by atoms with Crippen LogP contribution < -0.4 is 0 Å². The lowest BCUT2D eigenvalue weighted by Crippen LogP contribution is -2.15. The van der Waals surface area contributed by atoms with E-state index in [0.717, 1.165) is 50.3 Å². The molecule has 0 N–H and O–H groups in total. The minimum atomic E-state index is -0.137. The van der Waals surface area contributed by atoms with Gasteiger partial charge in [-0.2, -0.15) is 0 Å². The zero-order valence-corrected chi connectivity index (χ0v) is 28.3. The normalized spacial score (nSPS) is 13.5. The molecule has 11 rings (SSSR count). The van der Waals surface area contributed by atoms with Crippen LogP contribution in [0.15, 0.2) is 158 Å². The second-order valence-corrected chi connectivity index (χ2v) is 14.2. The third-order valence-electron chi connectivity index (χ3n) is 11.1. The van der Waals surface area contributed by atoms with Gasteiger partial charge < -0.3 is 4.57 Å². The Balaban J connectivity index is 1.30. The highest BCUT2D eigenvalue weighted by Crippen LogP contribution is 2.50. The Morgan fingerprint density at radius 3 is 1.76 bits per heavy atom. The Labute approximate surface area is 294 Å². The van der Waals surface area contributed by atoms with E-state index >= 15 is 0 Å². The lowest BCUT2D eigenvalue weighted by Gasteiger charge is -2.22. The fraction of sp³-hybridized carbons (Fsp3) is 0.0638. The van der Waals surface area contributed by atoms with Gasteiger partial charge in [0.1, 0.15) is 5.69 Å². The van der Waals surface area contributed by atoms with E-state index in [2.05, 4.69) is 169 Å². The van der Waals surface area contributed by atoms with Gasteiger partial charge in [0, 0.05) is 38.2 Å². The number of fused-ring (bicyclic) bond motifs is 11. The van der Waals surface area contributed by atoms with Gasteiger partial charge in [-0.05, 0) is 64.7 Å². The minimum absolute atomic E-state index is 0.137. The Bertz CT molecular complexity index is 3050. The predicted molar refractivity (Wildman–Crippen MR) is 211 cm³/mol. The molecular weight excluding hydrogens is 621 g/mol. The van der Waals surface area contributed by atoms with Crippen LogP contribution in [0.3, 0.4) is 0 Å². The van der Waals surface area contributed by atoms with Crippen molar-refractivity contribution in [2.24, 2.45) is 0 Å². The quantitative estimate of drug-likeness (QED) is 0.190. The van der Waals surface area contributed by atoms with Crippen LogP contribution in [0.4, 0.5) is 0 Å². The zero-order valence-electron chi connectivity index (χ0n) is 28.3. The molecule has 0 fully saturated rings. The van der Waals surface area contributed by atoms with E-state index in [1.807, 2.05) is 12.1 Å². The molecule has 0 amide bonds. The van der Waals surface area contributed by atoms with Gasteiger partial charge in [-0.3, -0.25) is 4.57 Å². The number of para-hydroxylation sites is 5. The maximum atomic E-state index is 5.52. The third-order valence-corrected chi connectivity index (χ3v) is 11.1. The van der Waals surface area contributed by atoms with Crippen molar-refractivity contribution in [3.8, 4) is 33.9 Å². The van der Waals surface area contributed by atoms with Gasteiger partial charge in [-0.25, -0.2) is 9.97 Å². The molecule has 0 spiro atoms. The molecule has 3 heterocycles. The second-order valence-electron chi connectivity index (χ2n) is 14.2. The van der Waals surface area contributed by atoms with Crippen LogP contribution in [0, 0.1) is 0 Å². The van der Waals surface area contributed by atoms with Crippen LogP contribution >= 0.6 is 0 Å². The summed E-state index contributed by atoms with van der Waals surface area (Å²) in [5.74, 6) is 0.825. The van der Waals surface area contributed by atoms with Gasteiger partial charge >= 0.3 is 0 Å². The van der Waals surface area contributed by atoms with Gasteiger partial charge in [0.2, 0.25) is 0 Å². The van der Waals surface area contributed by atoms with E-state index in [4.69, 9.17) is 9.97 Å². The highest BCUT2D eigenvalue weighted by molar-refractivity contribution is 6.24. The number of nitrogens with zero attached hydrogens (tertiary/aromatic N) is 4. The van der Waals surface area contributed by atoms with Crippen molar-refractivity contribution in [1.29, 1.82) is 0 Å². The largest absolute Gasteiger partial charge is 0.307 e. The summed E-state index contributed by atoms with van der Waals surface area (Å²) in [7, 11) is 0. The monoisotopic (exact) mass is 652 g/mol. The molecule has 7 aromatic carbocycles. The lowest BCUT2D eigenvalue weighted by molar-refractivity contribution is 0.660. The summed E-state index contributed by atoms with van der Waals surface area (Å²) < 4.78 is 4.80. The van der Waals surface area contributed by atoms with Gasteiger partial charge in [0.25, 0.3) is 0 Å². The fourth-order valence-corrected chi connectivity index (χ4v) is 8.76. The first kappa shape index (κ1) is 28.3. The molecule has 0 aliphatic heterocycles. The van der Waals surface area contributed by atoms with Crippen LogP contribution in [0.2, 0.25) is 0 Å². The summed E-state index contributed by atoms with van der Waals surface area (Å²) in [6, 6.07) is 56.7. The van der Waals surface area contributed by atoms with Crippen molar-refractivity contribution in [2.75, 3.05) is 0 Å². The van der Waals surface area contributed by atoms with Crippen molar-refractivity contribution in [3.05, 3.63) is 169 Å². The van der Waals surface area contributed by atoms with Crippen LogP contribution in [0.25, 0.3) is 88.5 Å². The summed E-state index contributed by atoms with van der Waals surface area (Å²) in [5, 5.41) is 4.80.